The Balaban J connectivity index is 1.61. The van der Waals surface area contributed by atoms with E-state index in [-0.39, 0.29) is 11.4 Å². The minimum atomic E-state index is -4.42. The molecule has 10 heteroatoms. The average Bonchev–Trinajstić information content (AvgIpc) is 3.11. The second-order valence-electron chi connectivity index (χ2n) is 7.23. The van der Waals surface area contributed by atoms with Gasteiger partial charge in [0.05, 0.1) is 16.7 Å². The molecule has 3 aromatic carbocycles. The maximum atomic E-state index is 13.1. The zero-order chi connectivity index (χ0) is 23.6. The number of hydrazone groups is 1. The molecule has 4 rings (SSSR count). The first-order chi connectivity index (χ1) is 15.6. The van der Waals surface area contributed by atoms with Crippen molar-refractivity contribution in [3.63, 3.8) is 0 Å². The third kappa shape index (κ3) is 5.28. The number of para-hydroxylation sites is 1. The molecule has 0 unspecified atom stereocenters. The quantitative estimate of drug-likeness (QED) is 0.251. The predicted octanol–water partition coefficient (Wildman–Crippen LogP) is 5.78. The normalized spacial score (nSPS) is 12.5. The van der Waals surface area contributed by atoms with E-state index in [2.05, 4.69) is 25.9 Å². The van der Waals surface area contributed by atoms with E-state index in [9.17, 15) is 21.6 Å². The van der Waals surface area contributed by atoms with Crippen LogP contribution < -0.4 is 4.83 Å². The summed E-state index contributed by atoms with van der Waals surface area (Å²) < 4.78 is 66.6. The van der Waals surface area contributed by atoms with Gasteiger partial charge in [-0.05, 0) is 48.0 Å². The van der Waals surface area contributed by atoms with Gasteiger partial charge in [0.25, 0.3) is 10.0 Å². The van der Waals surface area contributed by atoms with Gasteiger partial charge in [0.2, 0.25) is 0 Å². The second-order valence-corrected chi connectivity index (χ2v) is 9.81. The van der Waals surface area contributed by atoms with Crippen LogP contribution in [0.15, 0.2) is 93.5 Å². The lowest BCUT2D eigenvalue weighted by Gasteiger charge is -2.10. The molecule has 1 N–H and O–H groups in total. The number of hydrogen-bond acceptors (Lipinski definition) is 3. The SMILES string of the molecule is O=S(=O)(NN=Cc1cn(Cc2cccc(C(F)(F)F)c2)c2ccccc12)c1ccc(Br)cc1. The number of aromatic nitrogens is 1. The molecule has 33 heavy (non-hydrogen) atoms. The van der Waals surface area contributed by atoms with Crippen molar-refractivity contribution in [2.75, 3.05) is 0 Å². The van der Waals surface area contributed by atoms with Gasteiger partial charge < -0.3 is 4.57 Å². The van der Waals surface area contributed by atoms with Gasteiger partial charge in [0, 0.05) is 33.7 Å². The van der Waals surface area contributed by atoms with E-state index in [0.29, 0.717) is 11.1 Å². The van der Waals surface area contributed by atoms with Gasteiger partial charge in [0.15, 0.2) is 0 Å². The number of sulfonamides is 1. The lowest BCUT2D eigenvalue weighted by molar-refractivity contribution is -0.137. The highest BCUT2D eigenvalue weighted by Gasteiger charge is 2.30. The van der Waals surface area contributed by atoms with Gasteiger partial charge >= 0.3 is 6.18 Å². The molecule has 0 aliphatic carbocycles. The highest BCUT2D eigenvalue weighted by Crippen LogP contribution is 2.30. The van der Waals surface area contributed by atoms with Crippen molar-refractivity contribution in [2.45, 2.75) is 17.6 Å². The fourth-order valence-electron chi connectivity index (χ4n) is 3.38. The van der Waals surface area contributed by atoms with E-state index in [1.165, 1.54) is 24.4 Å². The Hall–Kier alpha value is -3.11. The molecule has 0 fully saturated rings. The molecule has 0 aliphatic heterocycles. The zero-order valence-corrected chi connectivity index (χ0v) is 19.3. The second kappa shape index (κ2) is 9.03. The number of fused-ring (bicyclic) bond motifs is 1. The van der Waals surface area contributed by atoms with Crippen molar-refractivity contribution in [3.8, 4) is 0 Å². The first-order valence-corrected chi connectivity index (χ1v) is 12.0. The van der Waals surface area contributed by atoms with Crippen molar-refractivity contribution in [1.29, 1.82) is 0 Å². The summed E-state index contributed by atoms with van der Waals surface area (Å²) in [4.78, 5) is 2.25. The fourth-order valence-corrected chi connectivity index (χ4v) is 4.44. The van der Waals surface area contributed by atoms with Crippen LogP contribution in [0.5, 0.6) is 0 Å². The van der Waals surface area contributed by atoms with Crippen LogP contribution in [0.4, 0.5) is 13.2 Å². The van der Waals surface area contributed by atoms with Crippen molar-refractivity contribution < 1.29 is 21.6 Å². The topological polar surface area (TPSA) is 63.5 Å². The minimum Gasteiger partial charge on any atom is -0.342 e. The Labute approximate surface area is 196 Å². The van der Waals surface area contributed by atoms with Crippen molar-refractivity contribution in [1.82, 2.24) is 9.40 Å². The van der Waals surface area contributed by atoms with E-state index in [1.54, 1.807) is 29.0 Å². The summed E-state index contributed by atoms with van der Waals surface area (Å²) in [5.74, 6) is 0. The van der Waals surface area contributed by atoms with Crippen LogP contribution in [0.3, 0.4) is 0 Å². The van der Waals surface area contributed by atoms with Crippen LogP contribution in [0, 0.1) is 0 Å². The van der Waals surface area contributed by atoms with Gasteiger partial charge in [-0.3, -0.25) is 0 Å². The molecule has 0 amide bonds. The predicted molar refractivity (Wildman–Crippen MR) is 125 cm³/mol. The smallest absolute Gasteiger partial charge is 0.342 e. The standard InChI is InChI=1S/C23H17BrF3N3O2S/c24-19-8-10-20(11-9-19)33(31,32)29-28-13-17-15-30(22-7-2-1-6-21(17)22)14-16-4-3-5-18(12-16)23(25,26)27/h1-13,15,29H,14H2. The number of nitrogens with zero attached hydrogens (tertiary/aromatic N) is 2. The molecule has 0 atom stereocenters. The van der Waals surface area contributed by atoms with E-state index in [0.717, 1.165) is 27.5 Å². The minimum absolute atomic E-state index is 0.0647. The summed E-state index contributed by atoms with van der Waals surface area (Å²) in [6.07, 6.45) is -1.32. The van der Waals surface area contributed by atoms with Gasteiger partial charge in [0.1, 0.15) is 0 Å². The van der Waals surface area contributed by atoms with Crippen LogP contribution in [-0.2, 0) is 22.7 Å². The number of hydrogen-bond donors (Lipinski definition) is 1. The maximum Gasteiger partial charge on any atom is 0.416 e. The Morgan fingerprint density at radius 1 is 1.00 bits per heavy atom. The number of nitrogens with one attached hydrogen (secondary N) is 1. The number of benzene rings is 3. The molecule has 0 aliphatic rings. The maximum absolute atomic E-state index is 13.1. The fraction of sp³-hybridized carbons (Fsp3) is 0.0870. The van der Waals surface area contributed by atoms with Gasteiger partial charge in [-0.1, -0.05) is 46.3 Å². The molecule has 4 aromatic rings. The number of alkyl halides is 3. The molecule has 0 bridgehead atoms. The molecular weight excluding hydrogens is 519 g/mol. The van der Waals surface area contributed by atoms with E-state index >= 15 is 0 Å². The van der Waals surface area contributed by atoms with Crippen LogP contribution in [-0.4, -0.2) is 19.2 Å². The van der Waals surface area contributed by atoms with Crippen molar-refractivity contribution >= 4 is 43.1 Å². The monoisotopic (exact) mass is 535 g/mol. The summed E-state index contributed by atoms with van der Waals surface area (Å²) >= 11 is 3.26. The van der Waals surface area contributed by atoms with Gasteiger partial charge in [-0.25, -0.2) is 4.83 Å². The summed E-state index contributed by atoms with van der Waals surface area (Å²) in [6.45, 7) is 0.211. The Bertz CT molecular complexity index is 1430. The molecule has 1 aromatic heterocycles. The van der Waals surface area contributed by atoms with E-state index in [1.807, 2.05) is 24.3 Å². The number of rotatable bonds is 6. The molecule has 5 nitrogen and oxygen atoms in total. The molecular formula is C23H17BrF3N3O2S. The van der Waals surface area contributed by atoms with Crippen LogP contribution in [0.25, 0.3) is 10.9 Å². The first kappa shape index (κ1) is 23.1. The van der Waals surface area contributed by atoms with Crippen LogP contribution in [0.1, 0.15) is 16.7 Å². The van der Waals surface area contributed by atoms with Crippen LogP contribution in [0.2, 0.25) is 0 Å². The summed E-state index contributed by atoms with van der Waals surface area (Å²) in [6, 6.07) is 18.6. The first-order valence-electron chi connectivity index (χ1n) is 9.68. The summed E-state index contributed by atoms with van der Waals surface area (Å²) in [7, 11) is -3.84. The Morgan fingerprint density at radius 2 is 1.73 bits per heavy atom. The van der Waals surface area contributed by atoms with Crippen molar-refractivity contribution in [2.24, 2.45) is 5.10 Å². The lowest BCUT2D eigenvalue weighted by Crippen LogP contribution is -2.18. The average molecular weight is 536 g/mol. The third-order valence-corrected chi connectivity index (χ3v) is 6.69. The number of halogens is 4. The van der Waals surface area contributed by atoms with E-state index < -0.39 is 21.8 Å². The van der Waals surface area contributed by atoms with Crippen molar-refractivity contribution in [3.05, 3.63) is 100 Å². The molecule has 0 spiro atoms. The Kier molecular flexibility index (Phi) is 6.31. The molecule has 170 valence electrons. The highest BCUT2D eigenvalue weighted by atomic mass is 79.9. The molecule has 0 saturated heterocycles. The summed E-state index contributed by atoms with van der Waals surface area (Å²) in [5, 5.41) is 4.68. The third-order valence-electron chi connectivity index (χ3n) is 4.93. The summed E-state index contributed by atoms with van der Waals surface area (Å²) in [5.41, 5.74) is 1.19. The zero-order valence-electron chi connectivity index (χ0n) is 16.9. The Morgan fingerprint density at radius 3 is 2.45 bits per heavy atom. The highest BCUT2D eigenvalue weighted by molar-refractivity contribution is 9.10. The molecule has 0 saturated carbocycles. The van der Waals surface area contributed by atoms with E-state index in [4.69, 9.17) is 0 Å². The lowest BCUT2D eigenvalue weighted by atomic mass is 10.1. The van der Waals surface area contributed by atoms with Crippen LogP contribution >= 0.6 is 15.9 Å². The van der Waals surface area contributed by atoms with Gasteiger partial charge in [-0.15, -0.1) is 0 Å². The molecule has 1 heterocycles. The molecule has 0 radical (unpaired) electrons. The largest absolute Gasteiger partial charge is 0.416 e. The van der Waals surface area contributed by atoms with Gasteiger partial charge in [-0.2, -0.15) is 26.7 Å².